The van der Waals surface area contributed by atoms with Crippen molar-refractivity contribution in [1.29, 1.82) is 0 Å². The third kappa shape index (κ3) is 5.68. The van der Waals surface area contributed by atoms with E-state index < -0.39 is 20.0 Å². The number of hydrogen-bond acceptors (Lipinski definition) is 5. The van der Waals surface area contributed by atoms with Crippen LogP contribution in [-0.4, -0.2) is 40.5 Å². The van der Waals surface area contributed by atoms with Gasteiger partial charge in [0.2, 0.25) is 20.0 Å². The topological polar surface area (TPSA) is 92.8 Å². The molecule has 1 N–H and O–H groups in total. The number of anilines is 1. The summed E-state index contributed by atoms with van der Waals surface area (Å²) in [6, 6.07) is 11.1. The lowest BCUT2D eigenvalue weighted by molar-refractivity contribution is 0.445. The van der Waals surface area contributed by atoms with Gasteiger partial charge in [-0.3, -0.25) is 4.72 Å². The Hall–Kier alpha value is -1.62. The smallest absolute Gasteiger partial charge is 0.243 e. The highest BCUT2D eigenvalue weighted by atomic mass is 79.9. The zero-order valence-electron chi connectivity index (χ0n) is 15.1. The first-order valence-electron chi connectivity index (χ1n) is 8.12. The Bertz CT molecular complexity index is 1000. The number of nitrogens with zero attached hydrogens (tertiary/aromatic N) is 1. The molecular formula is C17H21BrN2O5S2. The van der Waals surface area contributed by atoms with E-state index in [9.17, 15) is 16.8 Å². The van der Waals surface area contributed by atoms with Crippen molar-refractivity contribution in [3.8, 4) is 11.5 Å². The maximum Gasteiger partial charge on any atom is 0.243 e. The molecule has 0 spiro atoms. The summed E-state index contributed by atoms with van der Waals surface area (Å²) in [6.07, 6.45) is 0.988. The molecule has 0 atom stereocenters. The third-order valence-corrected chi connectivity index (χ3v) is 6.80. The predicted octanol–water partition coefficient (Wildman–Crippen LogP) is 3.64. The van der Waals surface area contributed by atoms with Crippen LogP contribution in [0.2, 0.25) is 0 Å². The fourth-order valence-corrected chi connectivity index (χ4v) is 4.69. The molecule has 27 heavy (non-hydrogen) atoms. The summed E-state index contributed by atoms with van der Waals surface area (Å²) in [6.45, 7) is 4.10. The van der Waals surface area contributed by atoms with E-state index in [4.69, 9.17) is 4.74 Å². The fourth-order valence-electron chi connectivity index (χ4n) is 2.38. The summed E-state index contributed by atoms with van der Waals surface area (Å²) in [5, 5.41) is 0. The van der Waals surface area contributed by atoms with Crippen LogP contribution in [0, 0.1) is 0 Å². The molecule has 148 valence electrons. The molecule has 0 aromatic heterocycles. The first-order valence-corrected chi connectivity index (χ1v) is 12.2. The molecular weight excluding hydrogens is 456 g/mol. The fraction of sp³-hybridized carbons (Fsp3) is 0.294. The SMILES string of the molecule is CCN(CC)S(=O)(=O)c1ccc(Oc2ccc(Br)cc2)c(NS(C)(=O)=O)c1. The summed E-state index contributed by atoms with van der Waals surface area (Å²) in [5.74, 6) is 0.676. The molecule has 7 nitrogen and oxygen atoms in total. The van der Waals surface area contributed by atoms with Crippen molar-refractivity contribution < 1.29 is 21.6 Å². The molecule has 0 saturated carbocycles. The molecule has 0 radical (unpaired) electrons. The third-order valence-electron chi connectivity index (χ3n) is 3.63. The van der Waals surface area contributed by atoms with E-state index in [1.165, 1.54) is 22.5 Å². The van der Waals surface area contributed by atoms with Crippen molar-refractivity contribution in [3.05, 3.63) is 46.9 Å². The Labute approximate surface area is 168 Å². The molecule has 0 aliphatic carbocycles. The molecule has 10 heteroatoms. The maximum absolute atomic E-state index is 12.7. The number of hydrogen-bond donors (Lipinski definition) is 1. The average molecular weight is 477 g/mol. The lowest BCUT2D eigenvalue weighted by atomic mass is 10.3. The summed E-state index contributed by atoms with van der Waals surface area (Å²) in [5.41, 5.74) is 0.0497. The van der Waals surface area contributed by atoms with Crippen LogP contribution >= 0.6 is 15.9 Å². The zero-order chi connectivity index (χ0) is 20.2. The van der Waals surface area contributed by atoms with Gasteiger partial charge in [0.1, 0.15) is 5.75 Å². The van der Waals surface area contributed by atoms with E-state index in [2.05, 4.69) is 20.7 Å². The van der Waals surface area contributed by atoms with Gasteiger partial charge >= 0.3 is 0 Å². The van der Waals surface area contributed by atoms with Crippen molar-refractivity contribution in [2.24, 2.45) is 0 Å². The predicted molar refractivity (Wildman–Crippen MR) is 109 cm³/mol. The van der Waals surface area contributed by atoms with E-state index in [0.29, 0.717) is 18.8 Å². The number of sulfonamides is 2. The van der Waals surface area contributed by atoms with Gasteiger partial charge in [0.05, 0.1) is 16.8 Å². The highest BCUT2D eigenvalue weighted by Gasteiger charge is 2.23. The average Bonchev–Trinajstić information content (AvgIpc) is 2.58. The van der Waals surface area contributed by atoms with Gasteiger partial charge in [-0.2, -0.15) is 4.31 Å². The highest BCUT2D eigenvalue weighted by molar-refractivity contribution is 9.10. The zero-order valence-corrected chi connectivity index (χ0v) is 18.4. The minimum atomic E-state index is -3.74. The van der Waals surface area contributed by atoms with Gasteiger partial charge in [0.25, 0.3) is 0 Å². The molecule has 2 aromatic carbocycles. The molecule has 0 amide bonds. The van der Waals surface area contributed by atoms with Crippen LogP contribution in [0.3, 0.4) is 0 Å². The van der Waals surface area contributed by atoms with Crippen LogP contribution in [0.5, 0.6) is 11.5 Å². The molecule has 2 rings (SSSR count). The standard InChI is InChI=1S/C17H21BrN2O5S2/c1-4-20(5-2)27(23,24)15-10-11-17(16(12-15)19-26(3,21)22)25-14-8-6-13(18)7-9-14/h6-12,19H,4-5H2,1-3H3. The van der Waals surface area contributed by atoms with Crippen LogP contribution < -0.4 is 9.46 Å². The van der Waals surface area contributed by atoms with E-state index in [0.717, 1.165) is 10.7 Å². The minimum Gasteiger partial charge on any atom is -0.455 e. The summed E-state index contributed by atoms with van der Waals surface area (Å²) in [4.78, 5) is -0.0134. The molecule has 0 saturated heterocycles. The molecule has 0 unspecified atom stereocenters. The second kappa shape index (κ2) is 8.59. The van der Waals surface area contributed by atoms with E-state index >= 15 is 0 Å². The van der Waals surface area contributed by atoms with E-state index in [1.54, 1.807) is 38.1 Å². The number of ether oxygens (including phenoxy) is 1. The Balaban J connectivity index is 2.50. The Morgan fingerprint density at radius 3 is 2.11 bits per heavy atom. The van der Waals surface area contributed by atoms with Gasteiger partial charge < -0.3 is 4.74 Å². The molecule has 0 aliphatic heterocycles. The molecule has 0 fully saturated rings. The lowest BCUT2D eigenvalue weighted by Crippen LogP contribution is -2.30. The monoisotopic (exact) mass is 476 g/mol. The lowest BCUT2D eigenvalue weighted by Gasteiger charge is -2.20. The number of halogens is 1. The van der Waals surface area contributed by atoms with Crippen LogP contribution in [0.25, 0.3) is 0 Å². The number of benzene rings is 2. The van der Waals surface area contributed by atoms with Crippen LogP contribution in [0.1, 0.15) is 13.8 Å². The summed E-state index contributed by atoms with van der Waals surface area (Å²) in [7, 11) is -7.38. The quantitative estimate of drug-likeness (QED) is 0.627. The van der Waals surface area contributed by atoms with Crippen molar-refractivity contribution in [1.82, 2.24) is 4.31 Å². The number of nitrogens with one attached hydrogen (secondary N) is 1. The van der Waals surface area contributed by atoms with Crippen LogP contribution in [0.15, 0.2) is 51.8 Å². The van der Waals surface area contributed by atoms with Crippen molar-refractivity contribution in [2.45, 2.75) is 18.7 Å². The maximum atomic E-state index is 12.7. The normalized spacial score (nSPS) is 12.2. The Kier molecular flexibility index (Phi) is 6.90. The Morgan fingerprint density at radius 2 is 1.59 bits per heavy atom. The van der Waals surface area contributed by atoms with Crippen molar-refractivity contribution in [3.63, 3.8) is 0 Å². The number of rotatable bonds is 8. The van der Waals surface area contributed by atoms with Crippen molar-refractivity contribution >= 4 is 41.7 Å². The first kappa shape index (κ1) is 21.7. The molecule has 0 aliphatic rings. The molecule has 2 aromatic rings. The van der Waals surface area contributed by atoms with Crippen molar-refractivity contribution in [2.75, 3.05) is 24.1 Å². The highest BCUT2D eigenvalue weighted by Crippen LogP contribution is 2.33. The second-order valence-corrected chi connectivity index (χ2v) is 10.3. The Morgan fingerprint density at radius 1 is 1.00 bits per heavy atom. The van der Waals surface area contributed by atoms with Crippen LogP contribution in [-0.2, 0) is 20.0 Å². The first-order chi connectivity index (χ1) is 12.6. The van der Waals surface area contributed by atoms with E-state index in [-0.39, 0.29) is 16.3 Å². The summed E-state index contributed by atoms with van der Waals surface area (Å²) < 4.78 is 59.1. The van der Waals surface area contributed by atoms with Gasteiger partial charge in [-0.05, 0) is 42.5 Å². The van der Waals surface area contributed by atoms with Gasteiger partial charge in [-0.1, -0.05) is 29.8 Å². The van der Waals surface area contributed by atoms with Gasteiger partial charge in [0, 0.05) is 17.6 Å². The molecule has 0 heterocycles. The van der Waals surface area contributed by atoms with Gasteiger partial charge in [-0.25, -0.2) is 16.8 Å². The summed E-state index contributed by atoms with van der Waals surface area (Å²) >= 11 is 3.33. The van der Waals surface area contributed by atoms with Gasteiger partial charge in [-0.15, -0.1) is 0 Å². The van der Waals surface area contributed by atoms with Crippen LogP contribution in [0.4, 0.5) is 5.69 Å². The largest absolute Gasteiger partial charge is 0.455 e. The van der Waals surface area contributed by atoms with E-state index in [1.807, 2.05) is 0 Å². The van der Waals surface area contributed by atoms with Gasteiger partial charge in [0.15, 0.2) is 5.75 Å². The molecule has 0 bridgehead atoms. The minimum absolute atomic E-state index is 0.0134. The second-order valence-electron chi connectivity index (χ2n) is 5.68.